The van der Waals surface area contributed by atoms with E-state index >= 15 is 0 Å². The average molecular weight is 1270 g/mol. The number of carbonyl (C=O) groups is 3. The summed E-state index contributed by atoms with van der Waals surface area (Å²) >= 11 is 0. The van der Waals surface area contributed by atoms with Gasteiger partial charge in [0, 0.05) is 69.5 Å². The Morgan fingerprint density at radius 1 is 0.457 bits per heavy atom. The van der Waals surface area contributed by atoms with Crippen LogP contribution in [-0.4, -0.2) is 122 Å². The van der Waals surface area contributed by atoms with Crippen LogP contribution < -0.4 is 43.2 Å². The van der Waals surface area contributed by atoms with E-state index in [1.165, 1.54) is 53.9 Å². The Kier molecular flexibility index (Phi) is 24.3. The molecule has 22 heteroatoms. The predicted octanol–water partition coefficient (Wildman–Crippen LogP) is 10.5. The number of carboxylic acids is 1. The van der Waals surface area contributed by atoms with Gasteiger partial charge in [-0.1, -0.05) is 43.5 Å². The van der Waals surface area contributed by atoms with E-state index in [0.29, 0.717) is 93.7 Å². The lowest BCUT2D eigenvalue weighted by Gasteiger charge is -2.29. The fourth-order valence-corrected chi connectivity index (χ4v) is 9.84. The first-order chi connectivity index (χ1) is 45.9. The molecule has 22 nitrogen and oxygen atoms in total. The molecule has 3 N–H and O–H groups in total. The first-order valence-corrected chi connectivity index (χ1v) is 30.1. The van der Waals surface area contributed by atoms with E-state index in [-0.39, 0.29) is 23.1 Å². The molecule has 0 saturated heterocycles. The Bertz CT molecular complexity index is 3950. The van der Waals surface area contributed by atoms with Crippen molar-refractivity contribution in [3.63, 3.8) is 0 Å². The van der Waals surface area contributed by atoms with Crippen molar-refractivity contribution >= 4 is 17.8 Å². The van der Waals surface area contributed by atoms with Gasteiger partial charge in [0.15, 0.2) is 0 Å². The van der Waals surface area contributed by atoms with Crippen LogP contribution in [0.2, 0.25) is 0 Å². The van der Waals surface area contributed by atoms with E-state index in [9.17, 15) is 19.5 Å². The molecule has 0 radical (unpaired) electrons. The number of aromatic nitrogens is 6. The van der Waals surface area contributed by atoms with Crippen molar-refractivity contribution in [3.8, 4) is 52.1 Å². The minimum atomic E-state index is -0.986. The predicted molar refractivity (Wildman–Crippen MR) is 350 cm³/mol. The van der Waals surface area contributed by atoms with E-state index in [1.807, 2.05) is 70.5 Å². The molecule has 0 unspecified atom stereocenters. The first-order valence-electron chi connectivity index (χ1n) is 30.1. The molecule has 2 amide bonds. The molecule has 0 aliphatic carbocycles. The van der Waals surface area contributed by atoms with Crippen molar-refractivity contribution in [2.24, 2.45) is 0 Å². The summed E-state index contributed by atoms with van der Waals surface area (Å²) in [6, 6.07) is 38.9. The highest BCUT2D eigenvalue weighted by atomic mass is 16.5. The summed E-state index contributed by atoms with van der Waals surface area (Å²) in [5.74, 6) is 4.21. The zero-order chi connectivity index (χ0) is 66.0. The van der Waals surface area contributed by atoms with Crippen LogP contribution in [-0.2, 0) is 58.7 Å². The van der Waals surface area contributed by atoms with Gasteiger partial charge in [0.05, 0.1) is 73.7 Å². The van der Waals surface area contributed by atoms with E-state index in [1.54, 1.807) is 87.6 Å². The van der Waals surface area contributed by atoms with Gasteiger partial charge >= 0.3 is 5.97 Å². The lowest BCUT2D eigenvalue weighted by atomic mass is 9.99. The number of rotatable bonds is 21. The molecular formula is C72H73N9O13. The molecule has 484 valence electrons. The fourth-order valence-electron chi connectivity index (χ4n) is 9.84. The number of ether oxygens (including phenoxy) is 8. The van der Waals surface area contributed by atoms with Crippen LogP contribution in [0.25, 0.3) is 0 Å². The Morgan fingerprint density at radius 3 is 1.23 bits per heavy atom. The number of pyridine rings is 6. The first kappa shape index (κ1) is 67.0. The van der Waals surface area contributed by atoms with Crippen molar-refractivity contribution < 1.29 is 62.5 Å². The van der Waals surface area contributed by atoms with Crippen molar-refractivity contribution in [2.75, 3.05) is 54.2 Å². The number of benzene rings is 3. The van der Waals surface area contributed by atoms with Crippen molar-refractivity contribution in [1.29, 1.82) is 0 Å². The Labute approximate surface area is 545 Å². The molecule has 9 aromatic rings. The lowest BCUT2D eigenvalue weighted by Crippen LogP contribution is -2.36. The van der Waals surface area contributed by atoms with Crippen LogP contribution in [0, 0.1) is 0 Å². The molecular weight excluding hydrogens is 1200 g/mol. The van der Waals surface area contributed by atoms with E-state index < -0.39 is 5.97 Å². The fraction of sp³-hybridized carbons (Fsp3) is 0.236. The van der Waals surface area contributed by atoms with Crippen LogP contribution in [0.1, 0.15) is 81.5 Å². The van der Waals surface area contributed by atoms with Gasteiger partial charge in [0.25, 0.3) is 11.8 Å². The normalized spacial score (nSPS) is 12.5. The van der Waals surface area contributed by atoms with Gasteiger partial charge in [-0.05, 0) is 150 Å². The third-order valence-corrected chi connectivity index (χ3v) is 14.9. The second-order valence-corrected chi connectivity index (χ2v) is 21.3. The van der Waals surface area contributed by atoms with Crippen molar-refractivity contribution in [1.82, 2.24) is 45.0 Å². The maximum absolute atomic E-state index is 12.9. The summed E-state index contributed by atoms with van der Waals surface area (Å²) in [7, 11) is 4.57. The number of nitrogens with one attached hydrogen (secondary N) is 1. The number of carbonyl (C=O) groups excluding carboxylic acids is 2. The van der Waals surface area contributed by atoms with Gasteiger partial charge in [-0.15, -0.1) is 0 Å². The van der Waals surface area contributed by atoms with Crippen molar-refractivity contribution in [2.45, 2.75) is 58.7 Å². The average Bonchev–Trinajstić information content (AvgIpc) is 0.883. The second-order valence-electron chi connectivity index (χ2n) is 21.3. The van der Waals surface area contributed by atoms with E-state index in [4.69, 9.17) is 43.0 Å². The molecule has 0 fully saturated rings. The largest absolute Gasteiger partial charge is 0.506 e. The second kappa shape index (κ2) is 34.2. The highest BCUT2D eigenvalue weighted by Crippen LogP contribution is 2.29. The SMILES string of the molecule is C=CCOc1ccc(COc2ccc3c(c2)CN(C(=O)c2ccc(OC)nc2)CC3)nc1.C=CCOc1ccc(COc2ccc3c(c2)CNCC3)nc1.COc1ccc(C(=O)N2CCc3ccc(OCc4ccc(O)cn4)cc3C2)cn1.COc1ccc(C(=O)O)cn1. The number of nitrogens with zero attached hydrogens (tertiary/aromatic N) is 8. The Hall–Kier alpha value is -11.4. The molecule has 0 atom stereocenters. The highest BCUT2D eigenvalue weighted by Gasteiger charge is 2.25. The lowest BCUT2D eigenvalue weighted by molar-refractivity contribution is 0.0693. The van der Waals surface area contributed by atoms with Gasteiger partial charge in [-0.2, -0.15) is 0 Å². The van der Waals surface area contributed by atoms with Gasteiger partial charge in [0.2, 0.25) is 17.6 Å². The molecule has 0 bridgehead atoms. The number of amides is 2. The number of fused-ring (bicyclic) bond motifs is 3. The van der Waals surface area contributed by atoms with Gasteiger partial charge in [-0.25, -0.2) is 19.7 Å². The zero-order valence-electron chi connectivity index (χ0n) is 52.5. The topological polar surface area (TPSA) is 261 Å². The molecule has 9 heterocycles. The highest BCUT2D eigenvalue weighted by molar-refractivity contribution is 5.94. The number of aromatic hydroxyl groups is 1. The number of hydrogen-bond acceptors (Lipinski definition) is 19. The van der Waals surface area contributed by atoms with Crippen molar-refractivity contribution in [3.05, 3.63) is 257 Å². The summed E-state index contributed by atoms with van der Waals surface area (Å²) in [6.07, 6.45) is 15.2. The third kappa shape index (κ3) is 19.6. The number of aromatic carboxylic acids is 1. The maximum Gasteiger partial charge on any atom is 0.337 e. The smallest absolute Gasteiger partial charge is 0.337 e. The number of methoxy groups -OCH3 is 3. The van der Waals surface area contributed by atoms with E-state index in [2.05, 4.69) is 66.6 Å². The third-order valence-electron chi connectivity index (χ3n) is 14.9. The zero-order valence-corrected chi connectivity index (χ0v) is 52.5. The Morgan fingerprint density at radius 2 is 0.862 bits per heavy atom. The molecule has 3 aliphatic heterocycles. The number of hydrogen-bond donors (Lipinski definition) is 3. The van der Waals surface area contributed by atoms with Gasteiger partial charge in [-0.3, -0.25) is 24.5 Å². The van der Waals surface area contributed by atoms with Crippen LogP contribution in [0.3, 0.4) is 0 Å². The summed E-state index contributed by atoms with van der Waals surface area (Å²) in [5, 5.41) is 21.2. The van der Waals surface area contributed by atoms with Crippen LogP contribution in [0.15, 0.2) is 190 Å². The molecule has 12 rings (SSSR count). The quantitative estimate of drug-likeness (QED) is 0.0565. The van der Waals surface area contributed by atoms with Gasteiger partial charge < -0.3 is 63.2 Å². The molecule has 0 saturated carbocycles. The Balaban J connectivity index is 0.000000155. The monoisotopic (exact) mass is 1270 g/mol. The summed E-state index contributed by atoms with van der Waals surface area (Å²) in [5.41, 5.74) is 11.0. The molecule has 6 aromatic heterocycles. The summed E-state index contributed by atoms with van der Waals surface area (Å²) in [6.45, 7) is 13.6. The van der Waals surface area contributed by atoms with E-state index in [0.717, 1.165) is 83.6 Å². The molecule has 0 spiro atoms. The van der Waals surface area contributed by atoms with Crippen LogP contribution >= 0.6 is 0 Å². The molecule has 94 heavy (non-hydrogen) atoms. The summed E-state index contributed by atoms with van der Waals surface area (Å²) in [4.78, 5) is 64.5. The van der Waals surface area contributed by atoms with Gasteiger partial charge in [0.1, 0.15) is 67.5 Å². The maximum atomic E-state index is 12.9. The standard InChI is InChI=1S/C25H25N3O4.C22H21N3O4.C18H20N2O2.C7H7NO3/c1-3-12-31-23-8-6-21(26-15-23)17-32-22-7-4-18-10-11-28(16-20(18)13-22)25(29)19-5-9-24(30-2)27-14-19;1-28-21-7-3-16(11-24-21)22(27)25-9-8-15-2-6-20(10-17(15)13-25)29-14-18-4-5-19(26)12-23-18;1-2-9-21-18-6-4-16(20-12-18)13-22-17-5-3-14-7-8-19-11-15(14)10-17;1-11-6-3-2-5(4-8-6)7(9)10/h3-9,13-15H,1,10-12,16-17H2,2H3;2-7,10-12,26H,8-9,13-14H2,1H3;2-6,10,12,19H,1,7-9,11,13H2;2-4H,1H3,(H,9,10). The minimum absolute atomic E-state index is 0.0416. The van der Waals surface area contributed by atoms with Crippen LogP contribution in [0.4, 0.5) is 0 Å². The molecule has 3 aromatic carbocycles. The summed E-state index contributed by atoms with van der Waals surface area (Å²) < 4.78 is 43.3. The molecule has 3 aliphatic rings. The number of carboxylic acid groups (broad SMARTS) is 1. The minimum Gasteiger partial charge on any atom is -0.506 e. The van der Waals surface area contributed by atoms with Crippen LogP contribution in [0.5, 0.6) is 52.1 Å².